The normalized spacial score (nSPS) is 11.0. The number of para-hydroxylation sites is 1. The monoisotopic (exact) mass is 379 g/mol. The Kier molecular flexibility index (Phi) is 4.22. The zero-order valence-corrected chi connectivity index (χ0v) is 15.5. The Morgan fingerprint density at radius 2 is 1.62 bits per heavy atom. The minimum absolute atomic E-state index is 0.0793. The van der Waals surface area contributed by atoms with Crippen molar-refractivity contribution in [3.8, 4) is 0 Å². The lowest BCUT2D eigenvalue weighted by Gasteiger charge is -2.23. The van der Waals surface area contributed by atoms with E-state index in [0.717, 1.165) is 27.8 Å². The first-order valence-electron chi connectivity index (χ1n) is 9.28. The molecule has 0 saturated carbocycles. The van der Waals surface area contributed by atoms with Gasteiger partial charge in [-0.15, -0.1) is 0 Å². The third kappa shape index (κ3) is 3.21. The highest BCUT2D eigenvalue weighted by Crippen LogP contribution is 2.28. The third-order valence-corrected chi connectivity index (χ3v) is 4.79. The summed E-state index contributed by atoms with van der Waals surface area (Å²) in [6.45, 7) is 0.132. The van der Waals surface area contributed by atoms with Crippen LogP contribution in [0.15, 0.2) is 91.5 Å². The molecule has 2 aromatic carbocycles. The van der Waals surface area contributed by atoms with Crippen LogP contribution in [0.25, 0.3) is 22.1 Å². The quantitative estimate of drug-likeness (QED) is 0.466. The zero-order valence-electron chi connectivity index (χ0n) is 15.5. The van der Waals surface area contributed by atoms with Crippen molar-refractivity contribution >= 4 is 39.3 Å². The van der Waals surface area contributed by atoms with Gasteiger partial charge in [0.1, 0.15) is 12.1 Å². The van der Waals surface area contributed by atoms with Crippen LogP contribution >= 0.6 is 0 Å². The summed E-state index contributed by atoms with van der Waals surface area (Å²) in [5.74, 6) is -0.0793. The van der Waals surface area contributed by atoms with Gasteiger partial charge in [0.25, 0.3) is 5.91 Å². The number of fused-ring (bicyclic) bond motifs is 2. The van der Waals surface area contributed by atoms with E-state index in [9.17, 15) is 4.79 Å². The third-order valence-electron chi connectivity index (χ3n) is 4.79. The summed E-state index contributed by atoms with van der Waals surface area (Å²) in [4.78, 5) is 28.2. The molecule has 0 aliphatic carbocycles. The first-order valence-corrected chi connectivity index (χ1v) is 9.28. The van der Waals surface area contributed by atoms with E-state index in [2.05, 4.69) is 15.0 Å². The molecule has 6 heteroatoms. The van der Waals surface area contributed by atoms with Gasteiger partial charge in [0, 0.05) is 29.2 Å². The van der Waals surface area contributed by atoms with Crippen LogP contribution in [0.3, 0.4) is 0 Å². The number of pyridine rings is 2. The molecule has 0 fully saturated rings. The fourth-order valence-corrected chi connectivity index (χ4v) is 3.45. The van der Waals surface area contributed by atoms with E-state index in [4.69, 9.17) is 0 Å². The first-order chi connectivity index (χ1) is 14.3. The number of anilines is 2. The van der Waals surface area contributed by atoms with Gasteiger partial charge < -0.3 is 4.57 Å². The molecule has 3 aromatic heterocycles. The van der Waals surface area contributed by atoms with Crippen LogP contribution < -0.4 is 4.90 Å². The van der Waals surface area contributed by atoms with E-state index in [0.29, 0.717) is 5.65 Å². The molecular formula is C23H17N5O. The van der Waals surface area contributed by atoms with Crippen molar-refractivity contribution in [3.05, 3.63) is 91.5 Å². The minimum Gasteiger partial charge on any atom is -0.306 e. The number of imidazole rings is 1. The van der Waals surface area contributed by atoms with Crippen molar-refractivity contribution < 1.29 is 4.79 Å². The second kappa shape index (κ2) is 7.16. The van der Waals surface area contributed by atoms with Crippen LogP contribution in [-0.4, -0.2) is 25.4 Å². The highest BCUT2D eigenvalue weighted by Gasteiger charge is 2.20. The molecule has 1 amide bonds. The van der Waals surface area contributed by atoms with E-state index in [-0.39, 0.29) is 12.5 Å². The van der Waals surface area contributed by atoms with E-state index in [1.165, 1.54) is 0 Å². The molecule has 0 N–H and O–H groups in total. The molecule has 3 heterocycles. The van der Waals surface area contributed by atoms with Crippen molar-refractivity contribution in [1.82, 2.24) is 19.5 Å². The van der Waals surface area contributed by atoms with Crippen molar-refractivity contribution in [2.75, 3.05) is 4.90 Å². The number of hydrogen-bond donors (Lipinski definition) is 0. The largest absolute Gasteiger partial charge is 0.306 e. The molecule has 0 aliphatic rings. The average molecular weight is 379 g/mol. The van der Waals surface area contributed by atoms with E-state index in [1.54, 1.807) is 28.2 Å². The lowest BCUT2D eigenvalue weighted by molar-refractivity contribution is -0.118. The number of rotatable bonds is 4. The fraction of sp³-hybridized carbons (Fsp3) is 0.0435. The summed E-state index contributed by atoms with van der Waals surface area (Å²) < 4.78 is 1.77. The molecular weight excluding hydrogens is 362 g/mol. The summed E-state index contributed by atoms with van der Waals surface area (Å²) in [5, 5.41) is 0.980. The Balaban J connectivity index is 1.57. The van der Waals surface area contributed by atoms with Crippen LogP contribution in [0.5, 0.6) is 0 Å². The van der Waals surface area contributed by atoms with E-state index < -0.39 is 0 Å². The molecule has 140 valence electrons. The predicted molar refractivity (Wildman–Crippen MR) is 113 cm³/mol. The highest BCUT2D eigenvalue weighted by atomic mass is 16.2. The second-order valence-electron chi connectivity index (χ2n) is 6.66. The van der Waals surface area contributed by atoms with Gasteiger partial charge in [-0.3, -0.25) is 14.7 Å². The molecule has 29 heavy (non-hydrogen) atoms. The van der Waals surface area contributed by atoms with Crippen molar-refractivity contribution in [3.63, 3.8) is 0 Å². The summed E-state index contributed by atoms with van der Waals surface area (Å²) in [6.07, 6.45) is 5.12. The maximum absolute atomic E-state index is 13.4. The number of hydrogen-bond acceptors (Lipinski definition) is 4. The van der Waals surface area contributed by atoms with Gasteiger partial charge in [0.05, 0.1) is 11.8 Å². The van der Waals surface area contributed by atoms with Crippen LogP contribution in [0.4, 0.5) is 11.4 Å². The van der Waals surface area contributed by atoms with Gasteiger partial charge >= 0.3 is 0 Å². The Morgan fingerprint density at radius 1 is 0.793 bits per heavy atom. The summed E-state index contributed by atoms with van der Waals surface area (Å²) in [6, 6.07) is 23.1. The van der Waals surface area contributed by atoms with E-state index in [1.807, 2.05) is 72.8 Å². The molecule has 0 unspecified atom stereocenters. The average Bonchev–Trinajstić information content (AvgIpc) is 3.17. The Bertz CT molecular complexity index is 1310. The number of benzene rings is 2. The van der Waals surface area contributed by atoms with Gasteiger partial charge in [-0.25, -0.2) is 9.97 Å². The molecule has 6 nitrogen and oxygen atoms in total. The molecule has 0 bridgehead atoms. The molecule has 5 aromatic rings. The number of amides is 1. The van der Waals surface area contributed by atoms with Gasteiger partial charge in [-0.05, 0) is 48.5 Å². The topological polar surface area (TPSA) is 63.9 Å². The van der Waals surface area contributed by atoms with Crippen molar-refractivity contribution in [2.45, 2.75) is 6.54 Å². The number of nitrogens with zero attached hydrogens (tertiary/aromatic N) is 5. The Morgan fingerprint density at radius 3 is 2.52 bits per heavy atom. The molecule has 0 aliphatic heterocycles. The van der Waals surface area contributed by atoms with Gasteiger partial charge in [0.15, 0.2) is 5.65 Å². The maximum Gasteiger partial charge on any atom is 0.251 e. The lowest BCUT2D eigenvalue weighted by atomic mass is 10.1. The number of carbonyl (C=O) groups is 1. The number of aromatic nitrogens is 4. The molecule has 0 atom stereocenters. The summed E-state index contributed by atoms with van der Waals surface area (Å²) in [5.41, 5.74) is 3.94. The predicted octanol–water partition coefficient (Wildman–Crippen LogP) is 4.34. The summed E-state index contributed by atoms with van der Waals surface area (Å²) >= 11 is 0. The van der Waals surface area contributed by atoms with Crippen LogP contribution in [0, 0.1) is 0 Å². The highest BCUT2D eigenvalue weighted by molar-refractivity contribution is 6.02. The smallest absolute Gasteiger partial charge is 0.251 e. The minimum atomic E-state index is -0.0793. The molecule has 0 saturated heterocycles. The van der Waals surface area contributed by atoms with Gasteiger partial charge in [-0.2, -0.15) is 0 Å². The summed E-state index contributed by atoms with van der Waals surface area (Å²) in [7, 11) is 0. The lowest BCUT2D eigenvalue weighted by Crippen LogP contribution is -2.29. The Hall–Kier alpha value is -4.06. The fourth-order valence-electron chi connectivity index (χ4n) is 3.45. The van der Waals surface area contributed by atoms with Crippen LogP contribution in [0.1, 0.15) is 0 Å². The Labute approximate surface area is 167 Å². The van der Waals surface area contributed by atoms with Gasteiger partial charge in [0.2, 0.25) is 0 Å². The van der Waals surface area contributed by atoms with Crippen molar-refractivity contribution in [2.24, 2.45) is 0 Å². The molecule has 0 spiro atoms. The standard InChI is InChI=1S/C23H17N5O/c29-22(15-27-16-26-21-9-5-13-25-23(21)27)28(18-7-2-1-3-8-18)19-10-11-20-17(14-19)6-4-12-24-20/h1-14,16H,15H2. The molecule has 5 rings (SSSR count). The SMILES string of the molecule is O=C(Cn1cnc2cccnc21)N(c1ccccc1)c1ccc2ncccc2c1. The van der Waals surface area contributed by atoms with Crippen molar-refractivity contribution in [1.29, 1.82) is 0 Å². The first kappa shape index (κ1) is 17.1. The maximum atomic E-state index is 13.4. The van der Waals surface area contributed by atoms with Crippen LogP contribution in [0.2, 0.25) is 0 Å². The van der Waals surface area contributed by atoms with E-state index >= 15 is 0 Å². The molecule has 0 radical (unpaired) electrons. The van der Waals surface area contributed by atoms with Crippen LogP contribution in [-0.2, 0) is 11.3 Å². The zero-order chi connectivity index (χ0) is 19.6. The van der Waals surface area contributed by atoms with Gasteiger partial charge in [-0.1, -0.05) is 24.3 Å². The second-order valence-corrected chi connectivity index (χ2v) is 6.66. The number of carbonyl (C=O) groups excluding carboxylic acids is 1.